The zero-order chi connectivity index (χ0) is 16.2. The van der Waals surface area contributed by atoms with Crippen molar-refractivity contribution in [1.29, 1.82) is 0 Å². The molecule has 22 heavy (non-hydrogen) atoms. The van der Waals surface area contributed by atoms with Crippen LogP contribution in [0.3, 0.4) is 0 Å². The highest BCUT2D eigenvalue weighted by atomic mass is 32.2. The first-order valence-corrected chi connectivity index (χ1v) is 10.1. The average molecular weight is 345 g/mol. The van der Waals surface area contributed by atoms with Gasteiger partial charge in [-0.2, -0.15) is 4.31 Å². The van der Waals surface area contributed by atoms with Gasteiger partial charge in [-0.25, -0.2) is 13.4 Å². The highest BCUT2D eigenvalue weighted by Gasteiger charge is 2.28. The second-order valence-electron chi connectivity index (χ2n) is 5.48. The maximum atomic E-state index is 12.2. The molecule has 1 amide bonds. The molecular formula is C14H23N3O3S2. The Morgan fingerprint density at radius 3 is 2.55 bits per heavy atom. The summed E-state index contributed by atoms with van der Waals surface area (Å²) in [5.41, 5.74) is 0.797. The number of carbonyl (C=O) groups is 1. The van der Waals surface area contributed by atoms with E-state index in [-0.39, 0.29) is 11.7 Å². The Balaban J connectivity index is 1.85. The SMILES string of the molecule is CCCCS(=O)(=O)N1CCN(C(=O)Cc2csc(C)n2)CC1. The normalized spacial score (nSPS) is 16.9. The number of sulfonamides is 1. The lowest BCUT2D eigenvalue weighted by Crippen LogP contribution is -2.51. The van der Waals surface area contributed by atoms with Gasteiger partial charge in [-0.05, 0) is 13.3 Å². The highest BCUT2D eigenvalue weighted by molar-refractivity contribution is 7.89. The van der Waals surface area contributed by atoms with Gasteiger partial charge in [0.2, 0.25) is 15.9 Å². The minimum absolute atomic E-state index is 0.0240. The van der Waals surface area contributed by atoms with Crippen LogP contribution in [0, 0.1) is 6.92 Å². The Bertz CT molecular complexity index is 605. The first-order valence-electron chi connectivity index (χ1n) is 7.59. The van der Waals surface area contributed by atoms with Gasteiger partial charge in [0, 0.05) is 31.6 Å². The maximum Gasteiger partial charge on any atom is 0.228 e. The second-order valence-corrected chi connectivity index (χ2v) is 8.63. The van der Waals surface area contributed by atoms with E-state index in [1.807, 2.05) is 19.2 Å². The molecule has 1 fully saturated rings. The van der Waals surface area contributed by atoms with Gasteiger partial charge < -0.3 is 4.90 Å². The molecule has 1 aliphatic heterocycles. The lowest BCUT2D eigenvalue weighted by molar-refractivity contribution is -0.131. The fourth-order valence-corrected chi connectivity index (χ4v) is 4.67. The molecule has 1 saturated heterocycles. The van der Waals surface area contributed by atoms with Crippen LogP contribution in [0.2, 0.25) is 0 Å². The zero-order valence-corrected chi connectivity index (χ0v) is 14.8. The first-order chi connectivity index (χ1) is 10.4. The van der Waals surface area contributed by atoms with E-state index in [1.165, 1.54) is 15.6 Å². The molecule has 2 rings (SSSR count). The first kappa shape index (κ1) is 17.4. The van der Waals surface area contributed by atoms with Gasteiger partial charge in [-0.15, -0.1) is 11.3 Å². The number of aryl methyl sites for hydroxylation is 1. The highest BCUT2D eigenvalue weighted by Crippen LogP contribution is 2.13. The largest absolute Gasteiger partial charge is 0.340 e. The van der Waals surface area contributed by atoms with Crippen LogP contribution in [0.5, 0.6) is 0 Å². The Morgan fingerprint density at radius 2 is 2.00 bits per heavy atom. The molecule has 8 heteroatoms. The van der Waals surface area contributed by atoms with Gasteiger partial charge in [0.1, 0.15) is 0 Å². The fraction of sp³-hybridized carbons (Fsp3) is 0.714. The third-order valence-corrected chi connectivity index (χ3v) is 6.52. The number of carbonyl (C=O) groups excluding carboxylic acids is 1. The van der Waals surface area contributed by atoms with Crippen LogP contribution in [0.15, 0.2) is 5.38 Å². The smallest absolute Gasteiger partial charge is 0.228 e. The predicted molar refractivity (Wildman–Crippen MR) is 87.4 cm³/mol. The van der Waals surface area contributed by atoms with E-state index < -0.39 is 10.0 Å². The molecule has 0 radical (unpaired) electrons. The molecule has 2 heterocycles. The van der Waals surface area contributed by atoms with Gasteiger partial charge in [0.05, 0.1) is 22.9 Å². The minimum Gasteiger partial charge on any atom is -0.340 e. The molecule has 6 nitrogen and oxygen atoms in total. The van der Waals surface area contributed by atoms with Crippen LogP contribution >= 0.6 is 11.3 Å². The summed E-state index contributed by atoms with van der Waals surface area (Å²) in [6.07, 6.45) is 1.85. The summed E-state index contributed by atoms with van der Waals surface area (Å²) in [6.45, 7) is 5.62. The number of rotatable bonds is 6. The van der Waals surface area contributed by atoms with Crippen molar-refractivity contribution in [3.63, 3.8) is 0 Å². The lowest BCUT2D eigenvalue weighted by atomic mass is 10.2. The van der Waals surface area contributed by atoms with Crippen molar-refractivity contribution < 1.29 is 13.2 Å². The van der Waals surface area contributed by atoms with Gasteiger partial charge in [-0.3, -0.25) is 4.79 Å². The quantitative estimate of drug-likeness (QED) is 0.778. The summed E-state index contributed by atoms with van der Waals surface area (Å²) >= 11 is 1.53. The zero-order valence-electron chi connectivity index (χ0n) is 13.1. The van der Waals surface area contributed by atoms with Crippen LogP contribution in [0.1, 0.15) is 30.5 Å². The number of hydrogen-bond acceptors (Lipinski definition) is 5. The standard InChI is InChI=1S/C14H23N3O3S2/c1-3-4-9-22(19,20)17-7-5-16(6-8-17)14(18)10-13-11-21-12(2)15-13/h11H,3-10H2,1-2H3. The topological polar surface area (TPSA) is 70.6 Å². The minimum atomic E-state index is -3.17. The third-order valence-electron chi connectivity index (χ3n) is 3.74. The molecule has 0 aromatic carbocycles. The lowest BCUT2D eigenvalue weighted by Gasteiger charge is -2.34. The summed E-state index contributed by atoms with van der Waals surface area (Å²) in [4.78, 5) is 18.3. The van der Waals surface area contributed by atoms with Gasteiger partial charge in [-0.1, -0.05) is 13.3 Å². The molecule has 0 spiro atoms. The Labute approximate surface area is 136 Å². The molecule has 0 N–H and O–H groups in total. The molecule has 1 aliphatic rings. The number of nitrogens with zero attached hydrogens (tertiary/aromatic N) is 3. The van der Waals surface area contributed by atoms with E-state index in [0.29, 0.717) is 39.0 Å². The third kappa shape index (κ3) is 4.50. The molecule has 1 aromatic heterocycles. The molecule has 1 aromatic rings. The number of unbranched alkanes of at least 4 members (excludes halogenated alkanes) is 1. The summed E-state index contributed by atoms with van der Waals surface area (Å²) in [7, 11) is -3.17. The van der Waals surface area contributed by atoms with Crippen molar-refractivity contribution in [2.45, 2.75) is 33.1 Å². The Kier molecular flexibility index (Phi) is 5.94. The van der Waals surface area contributed by atoms with Crippen molar-refractivity contribution in [2.75, 3.05) is 31.9 Å². The number of aromatic nitrogens is 1. The summed E-state index contributed by atoms with van der Waals surface area (Å²) in [5.74, 6) is 0.228. The van der Waals surface area contributed by atoms with E-state index >= 15 is 0 Å². The van der Waals surface area contributed by atoms with Crippen LogP contribution in [0.4, 0.5) is 0 Å². The number of amides is 1. The summed E-state index contributed by atoms with van der Waals surface area (Å²) in [5, 5.41) is 2.85. The molecule has 124 valence electrons. The molecule has 0 bridgehead atoms. The molecular weight excluding hydrogens is 322 g/mol. The molecule has 0 aliphatic carbocycles. The molecule has 0 saturated carbocycles. The van der Waals surface area contributed by atoms with Crippen LogP contribution < -0.4 is 0 Å². The van der Waals surface area contributed by atoms with Crippen molar-refractivity contribution >= 4 is 27.3 Å². The van der Waals surface area contributed by atoms with E-state index in [9.17, 15) is 13.2 Å². The van der Waals surface area contributed by atoms with Crippen molar-refractivity contribution in [3.8, 4) is 0 Å². The van der Waals surface area contributed by atoms with E-state index in [1.54, 1.807) is 4.90 Å². The van der Waals surface area contributed by atoms with Crippen molar-refractivity contribution in [2.24, 2.45) is 0 Å². The van der Waals surface area contributed by atoms with Crippen LogP contribution in [0.25, 0.3) is 0 Å². The molecule has 0 atom stereocenters. The average Bonchev–Trinajstić information content (AvgIpc) is 2.90. The number of thiazole rings is 1. The van der Waals surface area contributed by atoms with Gasteiger partial charge in [0.15, 0.2) is 0 Å². The predicted octanol–water partition coefficient (Wildman–Crippen LogP) is 1.27. The van der Waals surface area contributed by atoms with Crippen LogP contribution in [-0.2, 0) is 21.2 Å². The maximum absolute atomic E-state index is 12.2. The summed E-state index contributed by atoms with van der Waals surface area (Å²) < 4.78 is 25.8. The van der Waals surface area contributed by atoms with Crippen molar-refractivity contribution in [1.82, 2.24) is 14.2 Å². The van der Waals surface area contributed by atoms with Gasteiger partial charge >= 0.3 is 0 Å². The van der Waals surface area contributed by atoms with Crippen molar-refractivity contribution in [3.05, 3.63) is 16.1 Å². The fourth-order valence-electron chi connectivity index (χ4n) is 2.43. The number of hydrogen-bond donors (Lipinski definition) is 0. The molecule has 0 unspecified atom stereocenters. The summed E-state index contributed by atoms with van der Waals surface area (Å²) in [6, 6.07) is 0. The van der Waals surface area contributed by atoms with E-state index in [4.69, 9.17) is 0 Å². The van der Waals surface area contributed by atoms with E-state index in [0.717, 1.165) is 17.1 Å². The monoisotopic (exact) mass is 345 g/mol. The number of piperazine rings is 1. The van der Waals surface area contributed by atoms with Crippen LogP contribution in [-0.4, -0.2) is 60.4 Å². The second kappa shape index (κ2) is 7.52. The Hall–Kier alpha value is -0.990. The Morgan fingerprint density at radius 1 is 1.32 bits per heavy atom. The van der Waals surface area contributed by atoms with E-state index in [2.05, 4.69) is 4.98 Å². The van der Waals surface area contributed by atoms with Gasteiger partial charge in [0.25, 0.3) is 0 Å².